The zero-order valence-corrected chi connectivity index (χ0v) is 14.3. The molecule has 2 aromatic rings. The van der Waals surface area contributed by atoms with E-state index < -0.39 is 0 Å². The Morgan fingerprint density at radius 3 is 2.43 bits per heavy atom. The van der Waals surface area contributed by atoms with Crippen LogP contribution in [0, 0.1) is 13.8 Å². The summed E-state index contributed by atoms with van der Waals surface area (Å²) < 4.78 is 0. The average Bonchev–Trinajstić information content (AvgIpc) is 2.54. The van der Waals surface area contributed by atoms with E-state index in [0.717, 1.165) is 12.2 Å². The maximum Gasteiger partial charge on any atom is 0.228 e. The second-order valence-corrected chi connectivity index (χ2v) is 5.89. The molecule has 0 aliphatic heterocycles. The van der Waals surface area contributed by atoms with E-state index in [2.05, 4.69) is 42.6 Å². The monoisotopic (exact) mass is 310 g/mol. The molecule has 0 unspecified atom stereocenters. The molecule has 0 aliphatic carbocycles. The molecular weight excluding hydrogens is 284 g/mol. The van der Waals surface area contributed by atoms with Gasteiger partial charge >= 0.3 is 0 Å². The molecule has 0 saturated heterocycles. The summed E-state index contributed by atoms with van der Waals surface area (Å²) in [5.74, 6) is 0.162. The summed E-state index contributed by atoms with van der Waals surface area (Å²) in [6.07, 6.45) is 0.508. The minimum atomic E-state index is 0.162. The van der Waals surface area contributed by atoms with E-state index in [1.54, 1.807) is 0 Å². The van der Waals surface area contributed by atoms with Gasteiger partial charge in [-0.25, -0.2) is 0 Å². The first-order valence-electron chi connectivity index (χ1n) is 8.23. The highest BCUT2D eigenvalue weighted by Gasteiger charge is 2.13. The molecule has 0 atom stereocenters. The number of nitrogens with zero attached hydrogens (tertiary/aromatic N) is 1. The SMILES string of the molecule is CCN(C(=O)CCNCc1ccc(C)cc1)c1cccc(C)c1. The molecule has 3 nitrogen and oxygen atoms in total. The van der Waals surface area contributed by atoms with Crippen LogP contribution in [0.15, 0.2) is 48.5 Å². The molecule has 1 amide bonds. The molecule has 3 heteroatoms. The van der Waals surface area contributed by atoms with Crippen LogP contribution < -0.4 is 10.2 Å². The van der Waals surface area contributed by atoms with Crippen LogP contribution in [0.3, 0.4) is 0 Å². The van der Waals surface area contributed by atoms with Gasteiger partial charge in [0.2, 0.25) is 5.91 Å². The van der Waals surface area contributed by atoms with Crippen molar-refractivity contribution < 1.29 is 4.79 Å². The molecule has 0 spiro atoms. The van der Waals surface area contributed by atoms with Gasteiger partial charge in [0, 0.05) is 31.7 Å². The highest BCUT2D eigenvalue weighted by molar-refractivity contribution is 5.93. The van der Waals surface area contributed by atoms with Crippen molar-refractivity contribution in [2.75, 3.05) is 18.0 Å². The second-order valence-electron chi connectivity index (χ2n) is 5.89. The Hall–Kier alpha value is -2.13. The van der Waals surface area contributed by atoms with Gasteiger partial charge in [-0.15, -0.1) is 0 Å². The average molecular weight is 310 g/mol. The summed E-state index contributed by atoms with van der Waals surface area (Å²) >= 11 is 0. The van der Waals surface area contributed by atoms with Crippen molar-refractivity contribution in [2.24, 2.45) is 0 Å². The van der Waals surface area contributed by atoms with Crippen LogP contribution in [0.2, 0.25) is 0 Å². The second kappa shape index (κ2) is 8.49. The lowest BCUT2D eigenvalue weighted by Crippen LogP contribution is -2.33. The molecule has 1 N–H and O–H groups in total. The molecule has 0 saturated carbocycles. The van der Waals surface area contributed by atoms with Crippen molar-refractivity contribution in [1.29, 1.82) is 0 Å². The fourth-order valence-electron chi connectivity index (χ4n) is 2.57. The highest BCUT2D eigenvalue weighted by Crippen LogP contribution is 2.16. The van der Waals surface area contributed by atoms with Gasteiger partial charge in [-0.1, -0.05) is 42.0 Å². The summed E-state index contributed by atoms with van der Waals surface area (Å²) in [6.45, 7) is 8.32. The van der Waals surface area contributed by atoms with E-state index >= 15 is 0 Å². The molecular formula is C20H26N2O. The summed E-state index contributed by atoms with van der Waals surface area (Å²) in [5, 5.41) is 3.35. The Morgan fingerprint density at radius 1 is 1.04 bits per heavy atom. The smallest absolute Gasteiger partial charge is 0.228 e. The number of aryl methyl sites for hydroxylation is 2. The Kier molecular flexibility index (Phi) is 6.36. The van der Waals surface area contributed by atoms with Gasteiger partial charge in [0.15, 0.2) is 0 Å². The van der Waals surface area contributed by atoms with Crippen LogP contribution in [0.4, 0.5) is 5.69 Å². The first-order chi connectivity index (χ1) is 11.1. The lowest BCUT2D eigenvalue weighted by Gasteiger charge is -2.21. The van der Waals surface area contributed by atoms with Gasteiger partial charge < -0.3 is 10.2 Å². The lowest BCUT2D eigenvalue weighted by molar-refractivity contribution is -0.118. The lowest BCUT2D eigenvalue weighted by atomic mass is 10.1. The molecule has 23 heavy (non-hydrogen) atoms. The maximum atomic E-state index is 12.4. The minimum absolute atomic E-state index is 0.162. The molecule has 122 valence electrons. The Bertz CT molecular complexity index is 634. The quantitative estimate of drug-likeness (QED) is 0.788. The first kappa shape index (κ1) is 17.2. The highest BCUT2D eigenvalue weighted by atomic mass is 16.2. The number of carbonyl (C=O) groups excluding carboxylic acids is 1. The Balaban J connectivity index is 1.82. The van der Waals surface area contributed by atoms with Crippen molar-refractivity contribution >= 4 is 11.6 Å². The standard InChI is InChI=1S/C20H26N2O/c1-4-22(19-7-5-6-17(3)14-19)20(23)12-13-21-15-18-10-8-16(2)9-11-18/h5-11,14,21H,4,12-13,15H2,1-3H3. The summed E-state index contributed by atoms with van der Waals surface area (Å²) in [5.41, 5.74) is 4.66. The number of hydrogen-bond donors (Lipinski definition) is 1. The summed E-state index contributed by atoms with van der Waals surface area (Å²) in [7, 11) is 0. The van der Waals surface area contributed by atoms with Crippen LogP contribution in [0.1, 0.15) is 30.0 Å². The van der Waals surface area contributed by atoms with Crippen LogP contribution >= 0.6 is 0 Å². The fourth-order valence-corrected chi connectivity index (χ4v) is 2.57. The van der Waals surface area contributed by atoms with Gasteiger partial charge in [0.1, 0.15) is 0 Å². The zero-order chi connectivity index (χ0) is 16.7. The van der Waals surface area contributed by atoms with Gasteiger partial charge in [0.25, 0.3) is 0 Å². The topological polar surface area (TPSA) is 32.3 Å². The molecule has 0 heterocycles. The fraction of sp³-hybridized carbons (Fsp3) is 0.350. The molecule has 0 radical (unpaired) electrons. The molecule has 0 bridgehead atoms. The maximum absolute atomic E-state index is 12.4. The zero-order valence-electron chi connectivity index (χ0n) is 14.3. The number of anilines is 1. The van der Waals surface area contributed by atoms with E-state index in [0.29, 0.717) is 19.5 Å². The van der Waals surface area contributed by atoms with Crippen LogP contribution in [-0.4, -0.2) is 19.0 Å². The summed E-state index contributed by atoms with van der Waals surface area (Å²) in [4.78, 5) is 14.3. The largest absolute Gasteiger partial charge is 0.313 e. The van der Waals surface area contributed by atoms with Crippen LogP contribution in [0.5, 0.6) is 0 Å². The molecule has 0 fully saturated rings. The number of carbonyl (C=O) groups is 1. The van der Waals surface area contributed by atoms with Gasteiger partial charge in [-0.3, -0.25) is 4.79 Å². The van der Waals surface area contributed by atoms with Crippen LogP contribution in [-0.2, 0) is 11.3 Å². The van der Waals surface area contributed by atoms with E-state index in [9.17, 15) is 4.79 Å². The van der Waals surface area contributed by atoms with E-state index in [1.165, 1.54) is 16.7 Å². The number of hydrogen-bond acceptors (Lipinski definition) is 2. The van der Waals surface area contributed by atoms with E-state index in [-0.39, 0.29) is 5.91 Å². The van der Waals surface area contributed by atoms with E-state index in [4.69, 9.17) is 0 Å². The van der Waals surface area contributed by atoms with Crippen LogP contribution in [0.25, 0.3) is 0 Å². The minimum Gasteiger partial charge on any atom is -0.313 e. The molecule has 0 aromatic heterocycles. The van der Waals surface area contributed by atoms with Gasteiger partial charge in [-0.05, 0) is 44.0 Å². The number of rotatable bonds is 7. The Morgan fingerprint density at radius 2 is 1.78 bits per heavy atom. The van der Waals surface area contributed by atoms with E-state index in [1.807, 2.05) is 36.9 Å². The first-order valence-corrected chi connectivity index (χ1v) is 8.23. The molecule has 0 aliphatic rings. The molecule has 2 rings (SSSR count). The normalized spacial score (nSPS) is 10.6. The van der Waals surface area contributed by atoms with Gasteiger partial charge in [-0.2, -0.15) is 0 Å². The predicted molar refractivity (Wildman–Crippen MR) is 96.7 cm³/mol. The van der Waals surface area contributed by atoms with Gasteiger partial charge in [0.05, 0.1) is 0 Å². The number of benzene rings is 2. The third-order valence-electron chi connectivity index (χ3n) is 3.90. The number of nitrogens with one attached hydrogen (secondary N) is 1. The molecule has 2 aromatic carbocycles. The third kappa shape index (κ3) is 5.22. The number of amides is 1. The van der Waals surface area contributed by atoms with Crippen molar-refractivity contribution in [3.8, 4) is 0 Å². The summed E-state index contributed by atoms with van der Waals surface area (Å²) in [6, 6.07) is 16.6. The van der Waals surface area contributed by atoms with Crippen molar-refractivity contribution in [3.63, 3.8) is 0 Å². The van der Waals surface area contributed by atoms with Crippen molar-refractivity contribution in [2.45, 2.75) is 33.7 Å². The van der Waals surface area contributed by atoms with Crippen molar-refractivity contribution in [1.82, 2.24) is 5.32 Å². The van der Waals surface area contributed by atoms with Crippen molar-refractivity contribution in [3.05, 3.63) is 65.2 Å². The predicted octanol–water partition coefficient (Wildman–Crippen LogP) is 3.84. The third-order valence-corrected chi connectivity index (χ3v) is 3.90. The Labute approximate surface area is 139 Å².